The summed E-state index contributed by atoms with van der Waals surface area (Å²) in [4.78, 5) is 63.1. The third-order valence-electron chi connectivity index (χ3n) is 6.05. The van der Waals surface area contributed by atoms with E-state index in [4.69, 9.17) is 15.2 Å². The van der Waals surface area contributed by atoms with E-state index in [9.17, 15) is 24.0 Å². The van der Waals surface area contributed by atoms with Crippen LogP contribution in [0.25, 0.3) is 0 Å². The second kappa shape index (κ2) is 16.5. The summed E-state index contributed by atoms with van der Waals surface area (Å²) in [6, 6.07) is 6.03. The third-order valence-corrected chi connectivity index (χ3v) is 6.05. The highest BCUT2D eigenvalue weighted by atomic mass is 16.6. The molecule has 5 N–H and O–H groups in total. The summed E-state index contributed by atoms with van der Waals surface area (Å²) in [5, 5.41) is 7.88. The van der Waals surface area contributed by atoms with Crippen LogP contribution in [0.4, 0.5) is 4.79 Å². The van der Waals surface area contributed by atoms with Gasteiger partial charge in [-0.3, -0.25) is 19.2 Å². The molecule has 1 aromatic rings. The lowest BCUT2D eigenvalue weighted by Crippen LogP contribution is -2.58. The van der Waals surface area contributed by atoms with Crippen LogP contribution >= 0.6 is 0 Å². The second-order valence-electron chi connectivity index (χ2n) is 11.3. The van der Waals surface area contributed by atoms with Gasteiger partial charge in [0.25, 0.3) is 0 Å². The summed E-state index contributed by atoms with van der Waals surface area (Å²) >= 11 is 0. The van der Waals surface area contributed by atoms with Crippen molar-refractivity contribution in [1.82, 2.24) is 16.0 Å². The Morgan fingerprint density at radius 3 is 2.05 bits per heavy atom. The number of benzene rings is 1. The Morgan fingerprint density at radius 1 is 0.900 bits per heavy atom. The molecule has 0 bridgehead atoms. The molecular weight excluding hydrogens is 516 g/mol. The summed E-state index contributed by atoms with van der Waals surface area (Å²) in [6.45, 7) is 12.7. The molecule has 4 amide bonds. The van der Waals surface area contributed by atoms with Crippen LogP contribution < -0.4 is 21.7 Å². The Morgan fingerprint density at radius 2 is 1.52 bits per heavy atom. The van der Waals surface area contributed by atoms with E-state index in [0.717, 1.165) is 5.56 Å². The fraction of sp³-hybridized carbons (Fsp3) is 0.621. The molecule has 0 aliphatic rings. The molecule has 0 radical (unpaired) electrons. The number of nitrogens with two attached hydrogens (primary N) is 1. The Bertz CT molecular complexity index is 992. The first kappa shape index (κ1) is 34.4. The van der Waals surface area contributed by atoms with Crippen LogP contribution in [0.5, 0.6) is 0 Å². The number of rotatable bonds is 15. The zero-order valence-corrected chi connectivity index (χ0v) is 24.7. The summed E-state index contributed by atoms with van der Waals surface area (Å²) in [5.74, 6) is -2.79. The van der Waals surface area contributed by atoms with Crippen molar-refractivity contribution in [2.45, 2.75) is 104 Å². The molecule has 0 aliphatic carbocycles. The van der Waals surface area contributed by atoms with Crippen molar-refractivity contribution < 1.29 is 33.4 Å². The number of ether oxygens (including phenoxy) is 2. The number of carbonyl (C=O) groups excluding carboxylic acids is 5. The Kier molecular flexibility index (Phi) is 14.2. The molecule has 4 atom stereocenters. The molecule has 0 aliphatic heterocycles. The number of esters is 1. The van der Waals surface area contributed by atoms with E-state index >= 15 is 0 Å². The van der Waals surface area contributed by atoms with Gasteiger partial charge in [-0.2, -0.15) is 0 Å². The van der Waals surface area contributed by atoms with Gasteiger partial charge in [0.2, 0.25) is 17.7 Å². The number of hydrogen-bond donors (Lipinski definition) is 4. The molecule has 0 saturated carbocycles. The molecule has 0 fully saturated rings. The van der Waals surface area contributed by atoms with Gasteiger partial charge in [-0.05, 0) is 51.0 Å². The molecule has 40 heavy (non-hydrogen) atoms. The molecule has 1 aromatic carbocycles. The van der Waals surface area contributed by atoms with Crippen molar-refractivity contribution in [2.75, 3.05) is 0 Å². The number of amides is 4. The first-order valence-corrected chi connectivity index (χ1v) is 13.7. The Balaban J connectivity index is 2.87. The average Bonchev–Trinajstić information content (AvgIpc) is 2.86. The topological polar surface area (TPSA) is 166 Å². The highest BCUT2D eigenvalue weighted by Crippen LogP contribution is 2.13. The molecule has 224 valence electrons. The SMILES string of the molecule is CC[C@H](C)[C@H](NC(=O)[C@@H](CC(C)C)NC(=O)OC(C)(C)C)C(=O)N[C@H](CCC(=O)OCc1ccccc1)C(N)=O. The lowest BCUT2D eigenvalue weighted by Gasteiger charge is -2.29. The predicted molar refractivity (Wildman–Crippen MR) is 151 cm³/mol. The van der Waals surface area contributed by atoms with E-state index < -0.39 is 53.5 Å². The summed E-state index contributed by atoms with van der Waals surface area (Å²) in [5.41, 5.74) is 5.57. The van der Waals surface area contributed by atoms with Gasteiger partial charge < -0.3 is 31.2 Å². The molecule has 0 spiro atoms. The van der Waals surface area contributed by atoms with E-state index in [1.165, 1.54) is 0 Å². The van der Waals surface area contributed by atoms with Gasteiger partial charge in [0.1, 0.15) is 30.3 Å². The van der Waals surface area contributed by atoms with E-state index in [1.807, 2.05) is 51.1 Å². The molecule has 0 aromatic heterocycles. The number of hydrogen-bond acceptors (Lipinski definition) is 7. The monoisotopic (exact) mass is 562 g/mol. The lowest BCUT2D eigenvalue weighted by molar-refractivity contribution is -0.145. The second-order valence-corrected chi connectivity index (χ2v) is 11.3. The molecule has 11 heteroatoms. The van der Waals surface area contributed by atoms with Gasteiger partial charge in [0.05, 0.1) is 0 Å². The number of nitrogens with one attached hydrogen (secondary N) is 3. The highest BCUT2D eigenvalue weighted by molar-refractivity contribution is 5.93. The molecule has 0 unspecified atom stereocenters. The number of alkyl carbamates (subject to hydrolysis) is 1. The highest BCUT2D eigenvalue weighted by Gasteiger charge is 2.33. The van der Waals surface area contributed by atoms with Crippen LogP contribution in [0.15, 0.2) is 30.3 Å². The van der Waals surface area contributed by atoms with Gasteiger partial charge in [0.15, 0.2) is 0 Å². The molecule has 0 saturated heterocycles. The standard InChI is InChI=1S/C29H46N4O7/c1-8-19(4)24(33-26(36)22(16-18(2)3)32-28(38)40-29(5,6)7)27(37)31-21(25(30)35)14-15-23(34)39-17-20-12-10-9-11-13-20/h9-13,18-19,21-22,24H,8,14-17H2,1-7H3,(H2,30,35)(H,31,37)(H,32,38)(H,33,36)/t19-,21+,22+,24-/m0/s1. The van der Waals surface area contributed by atoms with Gasteiger partial charge in [-0.25, -0.2) is 4.79 Å². The van der Waals surface area contributed by atoms with Crippen LogP contribution in [-0.4, -0.2) is 53.5 Å². The van der Waals surface area contributed by atoms with Crippen molar-refractivity contribution in [1.29, 1.82) is 0 Å². The maximum atomic E-state index is 13.2. The van der Waals surface area contributed by atoms with Gasteiger partial charge in [0, 0.05) is 6.42 Å². The van der Waals surface area contributed by atoms with Crippen molar-refractivity contribution in [3.63, 3.8) is 0 Å². The Hall–Kier alpha value is -3.63. The lowest BCUT2D eigenvalue weighted by atomic mass is 9.96. The molecule has 1 rings (SSSR count). The van der Waals surface area contributed by atoms with Gasteiger partial charge in [-0.15, -0.1) is 0 Å². The van der Waals surface area contributed by atoms with Crippen LogP contribution in [0.3, 0.4) is 0 Å². The first-order valence-electron chi connectivity index (χ1n) is 13.7. The third kappa shape index (κ3) is 13.4. The summed E-state index contributed by atoms with van der Waals surface area (Å²) in [7, 11) is 0. The summed E-state index contributed by atoms with van der Waals surface area (Å²) in [6.07, 6.45) is -0.0938. The minimum Gasteiger partial charge on any atom is -0.461 e. The average molecular weight is 563 g/mol. The normalized spacial score (nSPS) is 14.3. The van der Waals surface area contributed by atoms with Gasteiger partial charge in [-0.1, -0.05) is 64.4 Å². The molecule has 11 nitrogen and oxygen atoms in total. The fourth-order valence-electron chi connectivity index (χ4n) is 3.73. The summed E-state index contributed by atoms with van der Waals surface area (Å²) < 4.78 is 10.5. The zero-order valence-electron chi connectivity index (χ0n) is 24.7. The Labute approximate surface area is 237 Å². The van der Waals surface area contributed by atoms with Crippen LogP contribution in [0, 0.1) is 11.8 Å². The van der Waals surface area contributed by atoms with Crippen molar-refractivity contribution >= 4 is 29.8 Å². The van der Waals surface area contributed by atoms with Crippen molar-refractivity contribution in [3.8, 4) is 0 Å². The van der Waals surface area contributed by atoms with Crippen molar-refractivity contribution in [2.24, 2.45) is 17.6 Å². The quantitative estimate of drug-likeness (QED) is 0.239. The van der Waals surface area contributed by atoms with E-state index in [-0.39, 0.29) is 31.3 Å². The van der Waals surface area contributed by atoms with Crippen LogP contribution in [0.1, 0.15) is 79.7 Å². The number of primary amides is 1. The first-order chi connectivity index (χ1) is 18.6. The van der Waals surface area contributed by atoms with E-state index in [0.29, 0.717) is 12.8 Å². The zero-order chi connectivity index (χ0) is 30.5. The fourth-order valence-corrected chi connectivity index (χ4v) is 3.73. The predicted octanol–water partition coefficient (Wildman–Crippen LogP) is 2.95. The minimum absolute atomic E-state index is 0.0578. The van der Waals surface area contributed by atoms with Crippen LogP contribution in [-0.2, 0) is 35.3 Å². The smallest absolute Gasteiger partial charge is 0.408 e. The minimum atomic E-state index is -1.15. The molecule has 0 heterocycles. The molecular formula is C29H46N4O7. The maximum Gasteiger partial charge on any atom is 0.408 e. The van der Waals surface area contributed by atoms with Crippen LogP contribution in [0.2, 0.25) is 0 Å². The van der Waals surface area contributed by atoms with Crippen molar-refractivity contribution in [3.05, 3.63) is 35.9 Å². The maximum absolute atomic E-state index is 13.2. The van der Waals surface area contributed by atoms with E-state index in [2.05, 4.69) is 16.0 Å². The van der Waals surface area contributed by atoms with E-state index in [1.54, 1.807) is 27.7 Å². The largest absolute Gasteiger partial charge is 0.461 e. The van der Waals surface area contributed by atoms with Gasteiger partial charge >= 0.3 is 12.1 Å². The number of carbonyl (C=O) groups is 5.